The van der Waals surface area contributed by atoms with Gasteiger partial charge in [0.2, 0.25) is 0 Å². The van der Waals surface area contributed by atoms with E-state index in [1.54, 1.807) is 17.8 Å². The Morgan fingerprint density at radius 2 is 2.25 bits per heavy atom. The molecule has 0 saturated carbocycles. The number of hydrogen-bond donors (Lipinski definition) is 2. The Balaban J connectivity index is 2.36. The standard InChI is InChI=1S/C10H15N5O/c1-6(16)3-4-7-13-9(11)8-10(14-7)15(2)5-12-8/h5-6,16H,3-4H2,1-2H3,(H2,11,13,14). The lowest BCUT2D eigenvalue weighted by Gasteiger charge is -2.04. The molecule has 0 saturated heterocycles. The summed E-state index contributed by atoms with van der Waals surface area (Å²) in [6.45, 7) is 1.74. The van der Waals surface area contributed by atoms with E-state index in [4.69, 9.17) is 5.73 Å². The minimum atomic E-state index is -0.355. The molecule has 0 aliphatic heterocycles. The molecule has 0 aliphatic rings. The van der Waals surface area contributed by atoms with Crippen LogP contribution in [-0.4, -0.2) is 30.7 Å². The molecule has 6 heteroatoms. The lowest BCUT2D eigenvalue weighted by atomic mass is 10.2. The van der Waals surface area contributed by atoms with E-state index < -0.39 is 0 Å². The molecular formula is C10H15N5O. The molecule has 0 radical (unpaired) electrons. The number of aromatic nitrogens is 4. The minimum Gasteiger partial charge on any atom is -0.393 e. The first-order valence-electron chi connectivity index (χ1n) is 5.19. The predicted molar refractivity (Wildman–Crippen MR) is 60.7 cm³/mol. The van der Waals surface area contributed by atoms with Gasteiger partial charge < -0.3 is 15.4 Å². The fraction of sp³-hybridized carbons (Fsp3) is 0.500. The Morgan fingerprint density at radius 1 is 1.50 bits per heavy atom. The first-order chi connectivity index (χ1) is 7.58. The molecule has 0 bridgehead atoms. The van der Waals surface area contributed by atoms with Gasteiger partial charge in [0, 0.05) is 13.5 Å². The van der Waals surface area contributed by atoms with E-state index in [1.165, 1.54) is 0 Å². The third-order valence-electron chi connectivity index (χ3n) is 2.42. The third kappa shape index (κ3) is 1.96. The normalized spacial score (nSPS) is 13.2. The maximum atomic E-state index is 9.21. The van der Waals surface area contributed by atoms with Crippen LogP contribution in [0.4, 0.5) is 5.82 Å². The Bertz CT molecular complexity index is 505. The van der Waals surface area contributed by atoms with Gasteiger partial charge in [0.05, 0.1) is 12.4 Å². The van der Waals surface area contributed by atoms with Crippen LogP contribution in [-0.2, 0) is 13.5 Å². The van der Waals surface area contributed by atoms with Gasteiger partial charge in [-0.05, 0) is 13.3 Å². The summed E-state index contributed by atoms with van der Waals surface area (Å²) in [7, 11) is 1.86. The van der Waals surface area contributed by atoms with Crippen LogP contribution < -0.4 is 5.73 Å². The molecule has 2 rings (SSSR count). The summed E-state index contributed by atoms with van der Waals surface area (Å²) >= 11 is 0. The number of aliphatic hydroxyl groups excluding tert-OH is 1. The second-order valence-corrected chi connectivity index (χ2v) is 3.94. The van der Waals surface area contributed by atoms with E-state index in [0.29, 0.717) is 30.0 Å². The van der Waals surface area contributed by atoms with E-state index in [2.05, 4.69) is 15.0 Å². The van der Waals surface area contributed by atoms with Gasteiger partial charge in [0.15, 0.2) is 11.5 Å². The van der Waals surface area contributed by atoms with Crippen molar-refractivity contribution in [2.75, 3.05) is 5.73 Å². The van der Waals surface area contributed by atoms with Crippen molar-refractivity contribution in [2.24, 2.45) is 7.05 Å². The first kappa shape index (κ1) is 10.8. The maximum Gasteiger partial charge on any atom is 0.165 e. The van der Waals surface area contributed by atoms with Crippen LogP contribution in [0.15, 0.2) is 6.33 Å². The van der Waals surface area contributed by atoms with Gasteiger partial charge in [0.1, 0.15) is 11.3 Å². The highest BCUT2D eigenvalue weighted by Gasteiger charge is 2.09. The van der Waals surface area contributed by atoms with Crippen molar-refractivity contribution in [2.45, 2.75) is 25.9 Å². The Kier molecular flexibility index (Phi) is 2.74. The predicted octanol–water partition coefficient (Wildman–Crippen LogP) is 0.259. The zero-order valence-electron chi connectivity index (χ0n) is 9.38. The Labute approximate surface area is 93.1 Å². The van der Waals surface area contributed by atoms with Gasteiger partial charge in [-0.25, -0.2) is 15.0 Å². The molecule has 3 N–H and O–H groups in total. The fourth-order valence-corrected chi connectivity index (χ4v) is 1.53. The first-order valence-corrected chi connectivity index (χ1v) is 5.19. The highest BCUT2D eigenvalue weighted by molar-refractivity contribution is 5.81. The zero-order chi connectivity index (χ0) is 11.7. The zero-order valence-corrected chi connectivity index (χ0v) is 9.38. The second kappa shape index (κ2) is 4.05. The van der Waals surface area contributed by atoms with E-state index in [1.807, 2.05) is 7.05 Å². The number of aliphatic hydroxyl groups is 1. The molecule has 0 spiro atoms. The molecule has 2 aromatic heterocycles. The lowest BCUT2D eigenvalue weighted by Crippen LogP contribution is -2.07. The van der Waals surface area contributed by atoms with Crippen LogP contribution in [0.2, 0.25) is 0 Å². The summed E-state index contributed by atoms with van der Waals surface area (Å²) in [5, 5.41) is 9.21. The maximum absolute atomic E-state index is 9.21. The van der Waals surface area contributed by atoms with Crippen LogP contribution in [0.25, 0.3) is 11.2 Å². The lowest BCUT2D eigenvalue weighted by molar-refractivity contribution is 0.184. The summed E-state index contributed by atoms with van der Waals surface area (Å²) in [5.74, 6) is 1.04. The quantitative estimate of drug-likeness (QED) is 0.775. The molecule has 0 fully saturated rings. The number of nitrogens with zero attached hydrogens (tertiary/aromatic N) is 4. The van der Waals surface area contributed by atoms with Crippen LogP contribution in [0.3, 0.4) is 0 Å². The highest BCUT2D eigenvalue weighted by atomic mass is 16.3. The molecule has 86 valence electrons. The van der Waals surface area contributed by atoms with Crippen LogP contribution in [0, 0.1) is 0 Å². The monoisotopic (exact) mass is 221 g/mol. The molecule has 1 unspecified atom stereocenters. The number of rotatable bonds is 3. The Morgan fingerprint density at radius 3 is 2.94 bits per heavy atom. The SMILES string of the molecule is CC(O)CCc1nc(N)c2ncn(C)c2n1. The molecule has 0 aliphatic carbocycles. The van der Waals surface area contributed by atoms with Gasteiger partial charge >= 0.3 is 0 Å². The average molecular weight is 221 g/mol. The average Bonchev–Trinajstić information content (AvgIpc) is 2.58. The third-order valence-corrected chi connectivity index (χ3v) is 2.42. The largest absolute Gasteiger partial charge is 0.393 e. The molecule has 2 aromatic rings. The van der Waals surface area contributed by atoms with Gasteiger partial charge in [-0.2, -0.15) is 0 Å². The molecule has 16 heavy (non-hydrogen) atoms. The number of fused-ring (bicyclic) bond motifs is 1. The molecule has 6 nitrogen and oxygen atoms in total. The summed E-state index contributed by atoms with van der Waals surface area (Å²) in [6, 6.07) is 0. The van der Waals surface area contributed by atoms with Crippen LogP contribution >= 0.6 is 0 Å². The van der Waals surface area contributed by atoms with Gasteiger partial charge in [-0.3, -0.25) is 0 Å². The van der Waals surface area contributed by atoms with Crippen LogP contribution in [0.1, 0.15) is 19.2 Å². The number of aryl methyl sites for hydroxylation is 2. The summed E-state index contributed by atoms with van der Waals surface area (Å²) in [6.07, 6.45) is 2.55. The smallest absolute Gasteiger partial charge is 0.165 e. The van der Waals surface area contributed by atoms with Crippen molar-refractivity contribution >= 4 is 17.0 Å². The van der Waals surface area contributed by atoms with Crippen molar-refractivity contribution in [1.82, 2.24) is 19.5 Å². The second-order valence-electron chi connectivity index (χ2n) is 3.94. The number of nitrogens with two attached hydrogens (primary N) is 1. The highest BCUT2D eigenvalue weighted by Crippen LogP contribution is 2.15. The van der Waals surface area contributed by atoms with Crippen molar-refractivity contribution < 1.29 is 5.11 Å². The topological polar surface area (TPSA) is 89.9 Å². The fourth-order valence-electron chi connectivity index (χ4n) is 1.53. The van der Waals surface area contributed by atoms with E-state index >= 15 is 0 Å². The summed E-state index contributed by atoms with van der Waals surface area (Å²) in [4.78, 5) is 12.6. The summed E-state index contributed by atoms with van der Waals surface area (Å²) in [5.41, 5.74) is 7.15. The van der Waals surface area contributed by atoms with Gasteiger partial charge in [-0.15, -0.1) is 0 Å². The minimum absolute atomic E-state index is 0.355. The Hall–Kier alpha value is -1.69. The molecule has 2 heterocycles. The van der Waals surface area contributed by atoms with E-state index in [9.17, 15) is 5.11 Å². The number of hydrogen-bond acceptors (Lipinski definition) is 5. The van der Waals surface area contributed by atoms with Crippen molar-refractivity contribution in [1.29, 1.82) is 0 Å². The van der Waals surface area contributed by atoms with E-state index in [-0.39, 0.29) is 6.10 Å². The van der Waals surface area contributed by atoms with Crippen molar-refractivity contribution in [3.63, 3.8) is 0 Å². The number of nitrogen functional groups attached to an aromatic ring is 1. The van der Waals surface area contributed by atoms with Crippen LogP contribution in [0.5, 0.6) is 0 Å². The van der Waals surface area contributed by atoms with Crippen molar-refractivity contribution in [3.8, 4) is 0 Å². The van der Waals surface area contributed by atoms with Crippen molar-refractivity contribution in [3.05, 3.63) is 12.2 Å². The van der Waals surface area contributed by atoms with Gasteiger partial charge in [0.25, 0.3) is 0 Å². The van der Waals surface area contributed by atoms with Gasteiger partial charge in [-0.1, -0.05) is 0 Å². The molecular weight excluding hydrogens is 206 g/mol. The number of imidazole rings is 1. The molecule has 0 aromatic carbocycles. The summed E-state index contributed by atoms with van der Waals surface area (Å²) < 4.78 is 1.80. The number of anilines is 1. The molecule has 1 atom stereocenters. The van der Waals surface area contributed by atoms with E-state index in [0.717, 1.165) is 5.65 Å². The molecule has 0 amide bonds.